The van der Waals surface area contributed by atoms with Gasteiger partial charge in [-0.2, -0.15) is 0 Å². The minimum Gasteiger partial charge on any atom is -0.486 e. The van der Waals surface area contributed by atoms with E-state index in [1.54, 1.807) is 0 Å². The first-order chi connectivity index (χ1) is 13.7. The Morgan fingerprint density at radius 2 is 1.93 bits per heavy atom. The van der Waals surface area contributed by atoms with Crippen LogP contribution in [0.1, 0.15) is 5.56 Å². The van der Waals surface area contributed by atoms with Gasteiger partial charge in [0.25, 0.3) is 5.22 Å². The molecule has 2 heterocycles. The average Bonchev–Trinajstić information content (AvgIpc) is 3.19. The van der Waals surface area contributed by atoms with Crippen LogP contribution in [0.25, 0.3) is 11.5 Å². The van der Waals surface area contributed by atoms with Crippen LogP contribution in [-0.2, 0) is 4.79 Å². The Hall–Kier alpha value is -3.00. The first-order valence-corrected chi connectivity index (χ1v) is 9.85. The van der Waals surface area contributed by atoms with Crippen molar-refractivity contribution in [2.45, 2.75) is 18.3 Å². The summed E-state index contributed by atoms with van der Waals surface area (Å²) in [6.45, 7) is 2.75. The second kappa shape index (κ2) is 8.35. The van der Waals surface area contributed by atoms with Crippen molar-refractivity contribution < 1.29 is 18.7 Å². The molecule has 0 saturated heterocycles. The highest BCUT2D eigenvalue weighted by Gasteiger charge is 2.21. The molecule has 4 rings (SSSR count). The van der Waals surface area contributed by atoms with Crippen LogP contribution >= 0.6 is 11.8 Å². The van der Waals surface area contributed by atoms with E-state index >= 15 is 0 Å². The summed E-state index contributed by atoms with van der Waals surface area (Å²) < 4.78 is 17.1. The van der Waals surface area contributed by atoms with Crippen LogP contribution in [-0.4, -0.2) is 41.1 Å². The van der Waals surface area contributed by atoms with Crippen LogP contribution in [0.15, 0.2) is 58.2 Å². The predicted molar refractivity (Wildman–Crippen MR) is 105 cm³/mol. The largest absolute Gasteiger partial charge is 0.486 e. The number of thioether (sulfide) groups is 1. The van der Waals surface area contributed by atoms with Gasteiger partial charge in [-0.3, -0.25) is 4.79 Å². The zero-order valence-electron chi connectivity index (χ0n) is 15.3. The van der Waals surface area contributed by atoms with Crippen LogP contribution in [0, 0.1) is 6.92 Å². The molecule has 0 spiro atoms. The van der Waals surface area contributed by atoms with Crippen LogP contribution in [0.2, 0.25) is 0 Å². The number of aryl methyl sites for hydroxylation is 1. The topological polar surface area (TPSA) is 86.5 Å². The second-order valence-corrected chi connectivity index (χ2v) is 7.20. The van der Waals surface area contributed by atoms with E-state index in [1.807, 2.05) is 55.5 Å². The zero-order valence-corrected chi connectivity index (χ0v) is 16.1. The summed E-state index contributed by atoms with van der Waals surface area (Å²) >= 11 is 1.20. The number of carbonyl (C=O) groups excluding carboxylic acids is 1. The smallest absolute Gasteiger partial charge is 0.277 e. The predicted octanol–water partition coefficient (Wildman–Crippen LogP) is 3.09. The van der Waals surface area contributed by atoms with E-state index in [4.69, 9.17) is 13.9 Å². The number of hydrogen-bond acceptors (Lipinski definition) is 7. The second-order valence-electron chi connectivity index (χ2n) is 6.28. The summed E-state index contributed by atoms with van der Waals surface area (Å²) in [5, 5.41) is 11.3. The molecule has 1 N–H and O–H groups in total. The Kier molecular flexibility index (Phi) is 5.48. The van der Waals surface area contributed by atoms with Crippen molar-refractivity contribution in [2.75, 3.05) is 18.9 Å². The first-order valence-electron chi connectivity index (χ1n) is 8.86. The van der Waals surface area contributed by atoms with Gasteiger partial charge in [0.2, 0.25) is 11.8 Å². The molecular formula is C20H19N3O4S. The van der Waals surface area contributed by atoms with Gasteiger partial charge in [0, 0.05) is 5.56 Å². The summed E-state index contributed by atoms with van der Waals surface area (Å²) in [6, 6.07) is 15.3. The molecule has 1 aromatic heterocycles. The number of hydrogen-bond donors (Lipinski definition) is 1. The molecule has 0 saturated carbocycles. The van der Waals surface area contributed by atoms with Gasteiger partial charge in [0.15, 0.2) is 11.5 Å². The minimum atomic E-state index is -0.222. The number of nitrogens with zero attached hydrogens (tertiary/aromatic N) is 2. The van der Waals surface area contributed by atoms with Gasteiger partial charge in [-0.25, -0.2) is 0 Å². The zero-order chi connectivity index (χ0) is 19.3. The summed E-state index contributed by atoms with van der Waals surface area (Å²) in [4.78, 5) is 12.1. The van der Waals surface area contributed by atoms with Gasteiger partial charge in [-0.05, 0) is 30.7 Å². The Morgan fingerprint density at radius 1 is 1.14 bits per heavy atom. The average molecular weight is 397 g/mol. The lowest BCUT2D eigenvalue weighted by Gasteiger charge is -2.26. The normalized spacial score (nSPS) is 15.2. The molecule has 1 atom stereocenters. The fraction of sp³-hybridized carbons (Fsp3) is 0.250. The van der Waals surface area contributed by atoms with E-state index in [1.165, 1.54) is 11.8 Å². The molecule has 1 aliphatic heterocycles. The van der Waals surface area contributed by atoms with Gasteiger partial charge >= 0.3 is 0 Å². The van der Waals surface area contributed by atoms with Crippen molar-refractivity contribution in [3.63, 3.8) is 0 Å². The Labute approximate surface area is 166 Å². The Bertz CT molecular complexity index is 975. The third-order valence-electron chi connectivity index (χ3n) is 4.20. The maximum atomic E-state index is 12.1. The molecular weight excluding hydrogens is 378 g/mol. The van der Waals surface area contributed by atoms with E-state index in [0.717, 1.165) is 16.9 Å². The van der Waals surface area contributed by atoms with Crippen molar-refractivity contribution in [2.24, 2.45) is 0 Å². The van der Waals surface area contributed by atoms with Crippen LogP contribution < -0.4 is 14.8 Å². The van der Waals surface area contributed by atoms with Crippen molar-refractivity contribution in [1.29, 1.82) is 0 Å². The molecule has 0 radical (unpaired) electrons. The Balaban J connectivity index is 1.25. The van der Waals surface area contributed by atoms with Crippen LogP contribution in [0.3, 0.4) is 0 Å². The number of amides is 1. The first kappa shape index (κ1) is 18.4. The fourth-order valence-corrected chi connectivity index (χ4v) is 3.35. The van der Waals surface area contributed by atoms with E-state index < -0.39 is 0 Å². The third kappa shape index (κ3) is 4.28. The number of benzene rings is 2. The van der Waals surface area contributed by atoms with Crippen molar-refractivity contribution in [3.05, 3.63) is 54.1 Å². The molecule has 3 aromatic rings. The molecule has 7 nitrogen and oxygen atoms in total. The molecule has 0 bridgehead atoms. The lowest BCUT2D eigenvalue weighted by atomic mass is 10.1. The monoisotopic (exact) mass is 397 g/mol. The van der Waals surface area contributed by atoms with Gasteiger partial charge in [-0.1, -0.05) is 42.1 Å². The fourth-order valence-electron chi connectivity index (χ4n) is 2.76. The van der Waals surface area contributed by atoms with E-state index in [0.29, 0.717) is 30.0 Å². The highest BCUT2D eigenvalue weighted by atomic mass is 32.2. The van der Waals surface area contributed by atoms with Gasteiger partial charge in [0.1, 0.15) is 12.7 Å². The summed E-state index contributed by atoms with van der Waals surface area (Å²) in [6.07, 6.45) is -0.222. The number of rotatable bonds is 6. The number of fused-ring (bicyclic) bond motifs is 1. The number of para-hydroxylation sites is 2. The Morgan fingerprint density at radius 3 is 2.79 bits per heavy atom. The SMILES string of the molecule is Cc1ccccc1-c1nnc(SCC(=O)NC[C@H]2COc3ccccc3O2)o1. The summed E-state index contributed by atoms with van der Waals surface area (Å²) in [7, 11) is 0. The van der Waals surface area contributed by atoms with Gasteiger partial charge < -0.3 is 19.2 Å². The molecule has 0 fully saturated rings. The molecule has 0 unspecified atom stereocenters. The highest BCUT2D eigenvalue weighted by Crippen LogP contribution is 2.30. The molecule has 144 valence electrons. The standard InChI is InChI=1S/C20H19N3O4S/c1-13-6-2-3-7-15(13)19-22-23-20(27-19)28-12-18(24)21-10-14-11-25-16-8-4-5-9-17(16)26-14/h2-9,14H,10-12H2,1H3,(H,21,24)/t14-/m0/s1. The molecule has 2 aromatic carbocycles. The van der Waals surface area contributed by atoms with Crippen LogP contribution in [0.5, 0.6) is 11.5 Å². The lowest BCUT2D eigenvalue weighted by molar-refractivity contribution is -0.119. The van der Waals surface area contributed by atoms with Crippen LogP contribution in [0.4, 0.5) is 0 Å². The molecule has 8 heteroatoms. The van der Waals surface area contributed by atoms with Gasteiger partial charge in [-0.15, -0.1) is 10.2 Å². The molecule has 1 aliphatic rings. The van der Waals surface area contributed by atoms with E-state index in [-0.39, 0.29) is 17.8 Å². The number of ether oxygens (including phenoxy) is 2. The van der Waals surface area contributed by atoms with E-state index in [2.05, 4.69) is 15.5 Å². The van der Waals surface area contributed by atoms with Crippen molar-refractivity contribution in [3.8, 4) is 23.0 Å². The van der Waals surface area contributed by atoms with Crippen molar-refractivity contribution in [1.82, 2.24) is 15.5 Å². The van der Waals surface area contributed by atoms with Crippen molar-refractivity contribution >= 4 is 17.7 Å². The maximum absolute atomic E-state index is 12.1. The molecule has 0 aliphatic carbocycles. The molecule has 1 amide bonds. The summed E-state index contributed by atoms with van der Waals surface area (Å²) in [5.41, 5.74) is 1.94. The maximum Gasteiger partial charge on any atom is 0.277 e. The molecule has 28 heavy (non-hydrogen) atoms. The minimum absolute atomic E-state index is 0.136. The highest BCUT2D eigenvalue weighted by molar-refractivity contribution is 7.99. The third-order valence-corrected chi connectivity index (χ3v) is 5.02. The number of aromatic nitrogens is 2. The number of carbonyl (C=O) groups is 1. The summed E-state index contributed by atoms with van der Waals surface area (Å²) in [5.74, 6) is 1.91. The quantitative estimate of drug-likeness (QED) is 0.640. The number of nitrogens with one attached hydrogen (secondary N) is 1. The van der Waals surface area contributed by atoms with Gasteiger partial charge in [0.05, 0.1) is 12.3 Å². The lowest BCUT2D eigenvalue weighted by Crippen LogP contribution is -2.41. The van der Waals surface area contributed by atoms with E-state index in [9.17, 15) is 4.79 Å².